The average molecular weight is 210 g/mol. The lowest BCUT2D eigenvalue weighted by Crippen LogP contribution is -1.97. The lowest BCUT2D eigenvalue weighted by Gasteiger charge is -2.14. The van der Waals surface area contributed by atoms with Gasteiger partial charge in [0.2, 0.25) is 0 Å². The molecule has 0 aromatic heterocycles. The third-order valence-corrected chi connectivity index (χ3v) is 2.28. The lowest BCUT2D eigenvalue weighted by atomic mass is 10.1. The molecule has 1 aromatic carbocycles. The van der Waals surface area contributed by atoms with Gasteiger partial charge >= 0.3 is 0 Å². The Kier molecular flexibility index (Phi) is 4.28. The van der Waals surface area contributed by atoms with Crippen LogP contribution in [0.15, 0.2) is 12.1 Å². The van der Waals surface area contributed by atoms with Crippen LogP contribution in [0.4, 0.5) is 0 Å². The van der Waals surface area contributed by atoms with Crippen molar-refractivity contribution < 1.29 is 14.2 Å². The highest BCUT2D eigenvalue weighted by Crippen LogP contribution is 2.36. The van der Waals surface area contributed by atoms with Crippen molar-refractivity contribution in [2.24, 2.45) is 0 Å². The second-order valence-corrected chi connectivity index (χ2v) is 3.27. The minimum Gasteiger partial charge on any atom is -0.497 e. The summed E-state index contributed by atoms with van der Waals surface area (Å²) in [6.45, 7) is 2.13. The van der Waals surface area contributed by atoms with Crippen LogP contribution in [0.25, 0.3) is 0 Å². The smallest absolute Gasteiger partial charge is 0.164 e. The Morgan fingerprint density at radius 2 is 1.73 bits per heavy atom. The molecule has 1 rings (SSSR count). The molecule has 0 aliphatic heterocycles. The average Bonchev–Trinajstić information content (AvgIpc) is 2.28. The summed E-state index contributed by atoms with van der Waals surface area (Å²) in [7, 11) is 4.94. The Morgan fingerprint density at radius 3 is 2.20 bits per heavy atom. The second-order valence-electron chi connectivity index (χ2n) is 3.27. The zero-order valence-corrected chi connectivity index (χ0v) is 9.79. The highest BCUT2D eigenvalue weighted by atomic mass is 16.5. The molecule has 3 heteroatoms. The lowest BCUT2D eigenvalue weighted by molar-refractivity contribution is 0.345. The molecule has 0 fully saturated rings. The maximum atomic E-state index is 5.34. The van der Waals surface area contributed by atoms with E-state index in [-0.39, 0.29) is 0 Å². The van der Waals surface area contributed by atoms with Gasteiger partial charge < -0.3 is 14.2 Å². The molecule has 0 heterocycles. The zero-order chi connectivity index (χ0) is 11.3. The molecule has 0 bridgehead atoms. The number of aryl methyl sites for hydroxylation is 1. The van der Waals surface area contributed by atoms with Crippen LogP contribution < -0.4 is 14.2 Å². The van der Waals surface area contributed by atoms with Gasteiger partial charge in [-0.15, -0.1) is 0 Å². The van der Waals surface area contributed by atoms with E-state index < -0.39 is 0 Å². The van der Waals surface area contributed by atoms with E-state index in [1.54, 1.807) is 21.3 Å². The fourth-order valence-electron chi connectivity index (χ4n) is 1.59. The molecule has 3 nitrogen and oxygen atoms in total. The van der Waals surface area contributed by atoms with Crippen LogP contribution in [0, 0.1) is 0 Å². The van der Waals surface area contributed by atoms with Gasteiger partial charge in [-0.2, -0.15) is 0 Å². The van der Waals surface area contributed by atoms with E-state index >= 15 is 0 Å². The summed E-state index contributed by atoms with van der Waals surface area (Å²) < 4.78 is 15.8. The monoisotopic (exact) mass is 210 g/mol. The summed E-state index contributed by atoms with van der Waals surface area (Å²) >= 11 is 0. The topological polar surface area (TPSA) is 27.7 Å². The van der Waals surface area contributed by atoms with Gasteiger partial charge in [0.25, 0.3) is 0 Å². The highest BCUT2D eigenvalue weighted by molar-refractivity contribution is 5.51. The largest absolute Gasteiger partial charge is 0.497 e. The molecule has 0 saturated heterocycles. The molecule has 0 aliphatic carbocycles. The van der Waals surface area contributed by atoms with Crippen LogP contribution in [0.5, 0.6) is 17.2 Å². The van der Waals surface area contributed by atoms with Gasteiger partial charge in [0, 0.05) is 11.6 Å². The fraction of sp³-hybridized carbons (Fsp3) is 0.500. The van der Waals surface area contributed by atoms with Crippen molar-refractivity contribution in [1.82, 2.24) is 0 Å². The molecular formula is C12H18O3. The van der Waals surface area contributed by atoms with Crippen LogP contribution in [-0.4, -0.2) is 21.3 Å². The van der Waals surface area contributed by atoms with Gasteiger partial charge in [0.05, 0.1) is 21.3 Å². The first-order valence-electron chi connectivity index (χ1n) is 5.05. The third kappa shape index (κ3) is 2.55. The Hall–Kier alpha value is -1.38. The predicted molar refractivity (Wildman–Crippen MR) is 60.1 cm³/mol. The number of hydrogen-bond acceptors (Lipinski definition) is 3. The van der Waals surface area contributed by atoms with Crippen molar-refractivity contribution in [3.8, 4) is 17.2 Å². The van der Waals surface area contributed by atoms with E-state index in [2.05, 4.69) is 6.92 Å². The van der Waals surface area contributed by atoms with Crippen LogP contribution in [0.2, 0.25) is 0 Å². The van der Waals surface area contributed by atoms with Crippen LogP contribution in [0.1, 0.15) is 18.9 Å². The number of methoxy groups -OCH3 is 3. The molecule has 0 aliphatic rings. The quantitative estimate of drug-likeness (QED) is 0.747. The molecule has 0 saturated carbocycles. The molecule has 0 amide bonds. The number of benzene rings is 1. The normalized spacial score (nSPS) is 9.87. The van der Waals surface area contributed by atoms with Gasteiger partial charge in [0.1, 0.15) is 5.75 Å². The van der Waals surface area contributed by atoms with E-state index in [4.69, 9.17) is 14.2 Å². The summed E-state index contributed by atoms with van der Waals surface area (Å²) in [6.07, 6.45) is 2.02. The number of rotatable bonds is 5. The molecular weight excluding hydrogens is 192 g/mol. The first kappa shape index (κ1) is 11.7. The Balaban J connectivity index is 3.19. The minimum absolute atomic E-state index is 0.723. The van der Waals surface area contributed by atoms with Crippen molar-refractivity contribution in [3.63, 3.8) is 0 Å². The summed E-state index contributed by atoms with van der Waals surface area (Å²) in [6, 6.07) is 3.82. The number of hydrogen-bond donors (Lipinski definition) is 0. The van der Waals surface area contributed by atoms with Gasteiger partial charge in [-0.05, 0) is 12.5 Å². The minimum atomic E-state index is 0.723. The van der Waals surface area contributed by atoms with Gasteiger partial charge in [0.15, 0.2) is 11.5 Å². The van der Waals surface area contributed by atoms with Crippen molar-refractivity contribution >= 4 is 0 Å². The summed E-state index contributed by atoms with van der Waals surface area (Å²) in [4.78, 5) is 0. The first-order chi connectivity index (χ1) is 7.26. The Morgan fingerprint density at radius 1 is 1.00 bits per heavy atom. The standard InChI is InChI=1S/C12H18O3/c1-5-6-9-7-10(13-2)8-11(14-3)12(9)15-4/h7-8H,5-6H2,1-4H3. The number of ether oxygens (including phenoxy) is 3. The summed E-state index contributed by atoms with van der Waals surface area (Å²) in [5.41, 5.74) is 1.12. The van der Waals surface area contributed by atoms with E-state index in [1.807, 2.05) is 12.1 Å². The summed E-state index contributed by atoms with van der Waals surface area (Å²) in [5, 5.41) is 0. The summed E-state index contributed by atoms with van der Waals surface area (Å²) in [5.74, 6) is 2.33. The molecule has 84 valence electrons. The SMILES string of the molecule is CCCc1cc(OC)cc(OC)c1OC. The maximum Gasteiger partial charge on any atom is 0.164 e. The third-order valence-electron chi connectivity index (χ3n) is 2.28. The Bertz CT molecular complexity index is 321. The van der Waals surface area contributed by atoms with Crippen LogP contribution in [0.3, 0.4) is 0 Å². The van der Waals surface area contributed by atoms with Gasteiger partial charge in [-0.3, -0.25) is 0 Å². The maximum absolute atomic E-state index is 5.34. The fourth-order valence-corrected chi connectivity index (χ4v) is 1.59. The van der Waals surface area contributed by atoms with Crippen molar-refractivity contribution in [1.29, 1.82) is 0 Å². The van der Waals surface area contributed by atoms with E-state index in [1.165, 1.54) is 0 Å². The molecule has 1 aromatic rings. The van der Waals surface area contributed by atoms with E-state index in [0.29, 0.717) is 0 Å². The Labute approximate surface area is 91.0 Å². The van der Waals surface area contributed by atoms with Crippen LogP contribution >= 0.6 is 0 Å². The molecule has 15 heavy (non-hydrogen) atoms. The van der Waals surface area contributed by atoms with Crippen molar-refractivity contribution in [3.05, 3.63) is 17.7 Å². The molecule has 0 N–H and O–H groups in total. The zero-order valence-electron chi connectivity index (χ0n) is 9.79. The predicted octanol–water partition coefficient (Wildman–Crippen LogP) is 2.66. The molecule has 0 unspecified atom stereocenters. The van der Waals surface area contributed by atoms with Crippen LogP contribution in [-0.2, 0) is 6.42 Å². The van der Waals surface area contributed by atoms with Gasteiger partial charge in [-0.1, -0.05) is 13.3 Å². The first-order valence-corrected chi connectivity index (χ1v) is 5.05. The molecule has 0 radical (unpaired) electrons. The molecule has 0 atom stereocenters. The molecule has 0 spiro atoms. The highest BCUT2D eigenvalue weighted by Gasteiger charge is 2.11. The van der Waals surface area contributed by atoms with Crippen molar-refractivity contribution in [2.45, 2.75) is 19.8 Å². The van der Waals surface area contributed by atoms with E-state index in [0.717, 1.165) is 35.7 Å². The van der Waals surface area contributed by atoms with Crippen molar-refractivity contribution in [2.75, 3.05) is 21.3 Å². The second kappa shape index (κ2) is 5.49. The van der Waals surface area contributed by atoms with Gasteiger partial charge in [-0.25, -0.2) is 0 Å². The van der Waals surface area contributed by atoms with E-state index in [9.17, 15) is 0 Å².